The summed E-state index contributed by atoms with van der Waals surface area (Å²) in [5, 5.41) is 7.54. The number of carbonyl (C=O) groups is 3. The van der Waals surface area contributed by atoms with Crippen molar-refractivity contribution in [2.45, 2.75) is 6.92 Å². The molecule has 0 fully saturated rings. The van der Waals surface area contributed by atoms with Crippen LogP contribution in [0.25, 0.3) is 0 Å². The molecule has 0 aliphatic rings. The Bertz CT molecular complexity index is 739. The standard InChI is InChI=1S/C17H17N3O3/c1-11-6-8-12(9-7-11)15(21)16(22)19-13-4-3-5-14(10-13)20-17(23)18-2/h3-10H,1-2H3,(H,19,22)(H2,18,20,23). The molecule has 0 heterocycles. The number of Topliss-reactive ketones (excluding diaryl/α,β-unsaturated/α-hetero) is 1. The fraction of sp³-hybridized carbons (Fsp3) is 0.118. The molecule has 6 heteroatoms. The molecule has 0 unspecified atom stereocenters. The Balaban J connectivity index is 2.07. The van der Waals surface area contributed by atoms with E-state index in [0.717, 1.165) is 5.56 Å². The van der Waals surface area contributed by atoms with Crippen molar-refractivity contribution in [1.82, 2.24) is 5.32 Å². The van der Waals surface area contributed by atoms with Crippen LogP contribution in [0.15, 0.2) is 48.5 Å². The minimum atomic E-state index is -0.731. The quantitative estimate of drug-likeness (QED) is 0.599. The average molecular weight is 311 g/mol. The summed E-state index contributed by atoms with van der Waals surface area (Å²) in [6, 6.07) is 12.9. The molecule has 0 saturated carbocycles. The van der Waals surface area contributed by atoms with Crippen LogP contribution in [0.1, 0.15) is 15.9 Å². The van der Waals surface area contributed by atoms with Gasteiger partial charge in [0.2, 0.25) is 0 Å². The predicted molar refractivity (Wildman–Crippen MR) is 88.7 cm³/mol. The third-order valence-corrected chi connectivity index (χ3v) is 3.13. The van der Waals surface area contributed by atoms with E-state index >= 15 is 0 Å². The van der Waals surface area contributed by atoms with Crippen LogP contribution in [0.4, 0.5) is 16.2 Å². The third-order valence-electron chi connectivity index (χ3n) is 3.13. The summed E-state index contributed by atoms with van der Waals surface area (Å²) in [6.45, 7) is 1.90. The molecule has 0 aromatic heterocycles. The number of amides is 3. The Morgan fingerprint density at radius 1 is 0.870 bits per heavy atom. The summed E-state index contributed by atoms with van der Waals surface area (Å²) in [5.74, 6) is -1.35. The Morgan fingerprint density at radius 3 is 2.09 bits per heavy atom. The average Bonchev–Trinajstić information content (AvgIpc) is 2.55. The van der Waals surface area contributed by atoms with Gasteiger partial charge in [-0.2, -0.15) is 0 Å². The molecule has 0 bridgehead atoms. The highest BCUT2D eigenvalue weighted by Crippen LogP contribution is 2.15. The summed E-state index contributed by atoms with van der Waals surface area (Å²) in [4.78, 5) is 35.4. The molecule has 2 aromatic carbocycles. The van der Waals surface area contributed by atoms with E-state index in [1.165, 1.54) is 7.05 Å². The Kier molecular flexibility index (Phi) is 5.09. The molecule has 23 heavy (non-hydrogen) atoms. The molecule has 6 nitrogen and oxygen atoms in total. The smallest absolute Gasteiger partial charge is 0.318 e. The number of ketones is 1. The maximum Gasteiger partial charge on any atom is 0.318 e. The summed E-state index contributed by atoms with van der Waals surface area (Å²) in [6.07, 6.45) is 0. The van der Waals surface area contributed by atoms with Crippen LogP contribution in [-0.4, -0.2) is 24.8 Å². The number of aryl methyl sites for hydroxylation is 1. The van der Waals surface area contributed by atoms with Crippen LogP contribution in [0.5, 0.6) is 0 Å². The molecule has 0 aliphatic carbocycles. The highest BCUT2D eigenvalue weighted by Gasteiger charge is 2.16. The zero-order chi connectivity index (χ0) is 16.8. The molecular weight excluding hydrogens is 294 g/mol. The van der Waals surface area contributed by atoms with Gasteiger partial charge in [0.05, 0.1) is 0 Å². The van der Waals surface area contributed by atoms with Gasteiger partial charge in [-0.1, -0.05) is 35.9 Å². The Labute approximate surface area is 133 Å². The van der Waals surface area contributed by atoms with E-state index in [0.29, 0.717) is 16.9 Å². The first-order valence-electron chi connectivity index (χ1n) is 7.01. The molecule has 0 atom stereocenters. The van der Waals surface area contributed by atoms with Crippen molar-refractivity contribution >= 4 is 29.1 Å². The van der Waals surface area contributed by atoms with Gasteiger partial charge in [-0.3, -0.25) is 9.59 Å². The first kappa shape index (κ1) is 16.2. The van der Waals surface area contributed by atoms with Crippen LogP contribution < -0.4 is 16.0 Å². The normalized spacial score (nSPS) is 9.83. The number of hydrogen-bond donors (Lipinski definition) is 3. The van der Waals surface area contributed by atoms with Gasteiger partial charge in [0.25, 0.3) is 11.7 Å². The fourth-order valence-electron chi connectivity index (χ4n) is 1.89. The first-order chi connectivity index (χ1) is 11.0. The number of anilines is 2. The number of nitrogens with one attached hydrogen (secondary N) is 3. The lowest BCUT2D eigenvalue weighted by Gasteiger charge is -2.08. The molecule has 2 aromatic rings. The van der Waals surface area contributed by atoms with Gasteiger partial charge >= 0.3 is 6.03 Å². The van der Waals surface area contributed by atoms with E-state index in [4.69, 9.17) is 0 Å². The van der Waals surface area contributed by atoms with Crippen LogP contribution in [0.3, 0.4) is 0 Å². The highest BCUT2D eigenvalue weighted by molar-refractivity contribution is 6.46. The minimum Gasteiger partial charge on any atom is -0.341 e. The topological polar surface area (TPSA) is 87.3 Å². The number of rotatable bonds is 4. The van der Waals surface area contributed by atoms with Gasteiger partial charge in [0, 0.05) is 24.0 Å². The lowest BCUT2D eigenvalue weighted by atomic mass is 10.1. The van der Waals surface area contributed by atoms with Crippen LogP contribution in [-0.2, 0) is 4.79 Å². The molecule has 0 radical (unpaired) electrons. The van der Waals surface area contributed by atoms with Crippen LogP contribution in [0.2, 0.25) is 0 Å². The molecular formula is C17H17N3O3. The minimum absolute atomic E-state index is 0.327. The number of carbonyl (C=O) groups excluding carboxylic acids is 3. The van der Waals surface area contributed by atoms with Gasteiger partial charge in [0.15, 0.2) is 0 Å². The number of benzene rings is 2. The lowest BCUT2D eigenvalue weighted by Crippen LogP contribution is -2.25. The summed E-state index contributed by atoms with van der Waals surface area (Å²) in [7, 11) is 1.50. The summed E-state index contributed by atoms with van der Waals surface area (Å²) < 4.78 is 0. The van der Waals surface area contributed by atoms with E-state index in [2.05, 4.69) is 16.0 Å². The molecule has 118 valence electrons. The third kappa shape index (κ3) is 4.41. The molecule has 3 N–H and O–H groups in total. The maximum absolute atomic E-state index is 12.1. The first-order valence-corrected chi connectivity index (χ1v) is 7.01. The van der Waals surface area contributed by atoms with Gasteiger partial charge in [-0.15, -0.1) is 0 Å². The summed E-state index contributed by atoms with van der Waals surface area (Å²) >= 11 is 0. The SMILES string of the molecule is CNC(=O)Nc1cccc(NC(=O)C(=O)c2ccc(C)cc2)c1. The van der Waals surface area contributed by atoms with Crippen molar-refractivity contribution in [1.29, 1.82) is 0 Å². The summed E-state index contributed by atoms with van der Waals surface area (Å²) in [5.41, 5.74) is 2.26. The van der Waals surface area contributed by atoms with E-state index in [1.54, 1.807) is 48.5 Å². The second-order valence-corrected chi connectivity index (χ2v) is 4.93. The molecule has 2 rings (SSSR count). The molecule has 0 saturated heterocycles. The highest BCUT2D eigenvalue weighted by atomic mass is 16.2. The van der Waals surface area contributed by atoms with Crippen molar-refractivity contribution < 1.29 is 14.4 Å². The maximum atomic E-state index is 12.1. The van der Waals surface area contributed by atoms with Gasteiger partial charge in [0.1, 0.15) is 0 Å². The Morgan fingerprint density at radius 2 is 1.48 bits per heavy atom. The van der Waals surface area contributed by atoms with Gasteiger partial charge in [-0.25, -0.2) is 4.79 Å². The van der Waals surface area contributed by atoms with Crippen LogP contribution in [0, 0.1) is 6.92 Å². The van der Waals surface area contributed by atoms with Crippen molar-refractivity contribution in [2.75, 3.05) is 17.7 Å². The number of urea groups is 1. The van der Waals surface area contributed by atoms with Crippen molar-refractivity contribution in [3.8, 4) is 0 Å². The largest absolute Gasteiger partial charge is 0.341 e. The molecule has 0 aliphatic heterocycles. The van der Waals surface area contributed by atoms with Crippen molar-refractivity contribution in [3.05, 3.63) is 59.7 Å². The van der Waals surface area contributed by atoms with E-state index in [1.807, 2.05) is 6.92 Å². The van der Waals surface area contributed by atoms with Gasteiger partial charge < -0.3 is 16.0 Å². The van der Waals surface area contributed by atoms with Crippen molar-refractivity contribution in [2.24, 2.45) is 0 Å². The molecule has 3 amide bonds. The zero-order valence-corrected chi connectivity index (χ0v) is 12.8. The number of hydrogen-bond acceptors (Lipinski definition) is 3. The molecule has 0 spiro atoms. The van der Waals surface area contributed by atoms with E-state index in [-0.39, 0.29) is 6.03 Å². The van der Waals surface area contributed by atoms with E-state index in [9.17, 15) is 14.4 Å². The fourth-order valence-corrected chi connectivity index (χ4v) is 1.89. The second kappa shape index (κ2) is 7.22. The predicted octanol–water partition coefficient (Wildman–Crippen LogP) is 2.57. The van der Waals surface area contributed by atoms with Crippen molar-refractivity contribution in [3.63, 3.8) is 0 Å². The zero-order valence-electron chi connectivity index (χ0n) is 12.8. The van der Waals surface area contributed by atoms with Crippen LogP contribution >= 0.6 is 0 Å². The second-order valence-electron chi connectivity index (χ2n) is 4.93. The van der Waals surface area contributed by atoms with Gasteiger partial charge in [-0.05, 0) is 25.1 Å². The monoisotopic (exact) mass is 311 g/mol. The Hall–Kier alpha value is -3.15. The van der Waals surface area contributed by atoms with E-state index < -0.39 is 11.7 Å². The lowest BCUT2D eigenvalue weighted by molar-refractivity contribution is -0.112.